The number of pyridine rings is 1. The molecule has 1 aliphatic heterocycles. The largest absolute Gasteiger partial charge is 0.465 e. The lowest BCUT2D eigenvalue weighted by Gasteiger charge is -2.27. The average molecular weight is 354 g/mol. The molecule has 1 saturated heterocycles. The molecule has 0 unspecified atom stereocenters. The Bertz CT molecular complexity index is 617. The predicted octanol–water partition coefficient (Wildman–Crippen LogP) is 1.86. The Hall–Kier alpha value is -1.25. The third-order valence-electron chi connectivity index (χ3n) is 3.27. The molecule has 0 saturated carbocycles. The third-order valence-corrected chi connectivity index (χ3v) is 4.54. The molecular formula is C11H13Cl2N3O4S. The van der Waals surface area contributed by atoms with E-state index in [-0.39, 0.29) is 22.4 Å². The maximum atomic E-state index is 11.5. The zero-order valence-corrected chi connectivity index (χ0v) is 13.2. The molecule has 1 amide bonds. The number of halogens is 2. The first-order chi connectivity index (χ1) is 9.90. The Morgan fingerprint density at radius 3 is 2.86 bits per heavy atom. The van der Waals surface area contributed by atoms with Gasteiger partial charge >= 0.3 is 6.09 Å². The summed E-state index contributed by atoms with van der Waals surface area (Å²) in [7, 11) is -2.99. The number of carbonyl (C=O) groups is 1. The van der Waals surface area contributed by atoms with Gasteiger partial charge in [-0.3, -0.25) is 4.31 Å². The highest BCUT2D eigenvalue weighted by molar-refractivity contribution is 7.74. The highest BCUT2D eigenvalue weighted by Crippen LogP contribution is 2.29. The fourth-order valence-corrected chi connectivity index (χ4v) is 3.39. The number of thiol groups is 1. The molecule has 1 aromatic rings. The Morgan fingerprint density at radius 1 is 1.52 bits per heavy atom. The molecule has 21 heavy (non-hydrogen) atoms. The Labute approximate surface area is 133 Å². The van der Waals surface area contributed by atoms with E-state index in [1.807, 2.05) is 0 Å². The van der Waals surface area contributed by atoms with Crippen molar-refractivity contribution >= 4 is 45.9 Å². The summed E-state index contributed by atoms with van der Waals surface area (Å²) in [4.78, 5) is 16.2. The van der Waals surface area contributed by atoms with Crippen molar-refractivity contribution < 1.29 is 18.3 Å². The molecule has 116 valence electrons. The van der Waals surface area contributed by atoms with Crippen molar-refractivity contribution in [1.82, 2.24) is 9.88 Å². The number of rotatable bonds is 4. The number of nitrogens with zero attached hydrogens (tertiary/aromatic N) is 3. The molecule has 0 radical (unpaired) electrons. The normalized spacial score (nSPS) is 18.2. The third kappa shape index (κ3) is 3.69. The van der Waals surface area contributed by atoms with Crippen LogP contribution in [-0.2, 0) is 10.9 Å². The molecule has 0 aromatic carbocycles. The zero-order chi connectivity index (χ0) is 15.6. The number of likely N-dealkylation sites (tertiary alicyclic amines) is 1. The van der Waals surface area contributed by atoms with Gasteiger partial charge in [0.05, 0.1) is 23.3 Å². The molecule has 1 N–H and O–H groups in total. The van der Waals surface area contributed by atoms with E-state index in [9.17, 15) is 13.2 Å². The van der Waals surface area contributed by atoms with Gasteiger partial charge in [0.2, 0.25) is 10.9 Å². The lowest BCUT2D eigenvalue weighted by Crippen LogP contribution is -2.42. The van der Waals surface area contributed by atoms with E-state index in [4.69, 9.17) is 28.3 Å². The summed E-state index contributed by atoms with van der Waals surface area (Å²) in [6.07, 6.45) is 1.54. The van der Waals surface area contributed by atoms with Crippen molar-refractivity contribution in [3.63, 3.8) is 0 Å². The van der Waals surface area contributed by atoms with Gasteiger partial charge in [0.25, 0.3) is 0 Å². The van der Waals surface area contributed by atoms with Crippen LogP contribution in [0.4, 0.5) is 10.5 Å². The van der Waals surface area contributed by atoms with E-state index in [0.717, 1.165) is 4.31 Å². The fourth-order valence-electron chi connectivity index (χ4n) is 2.32. The van der Waals surface area contributed by atoms with Gasteiger partial charge < -0.3 is 10.0 Å². The molecule has 0 spiro atoms. The van der Waals surface area contributed by atoms with Gasteiger partial charge in [-0.2, -0.15) is 0 Å². The van der Waals surface area contributed by atoms with E-state index >= 15 is 0 Å². The van der Waals surface area contributed by atoms with Crippen LogP contribution in [0.1, 0.15) is 12.8 Å². The van der Waals surface area contributed by atoms with Crippen LogP contribution < -0.4 is 4.31 Å². The molecule has 2 rings (SSSR count). The van der Waals surface area contributed by atoms with E-state index in [2.05, 4.69) is 4.98 Å². The minimum absolute atomic E-state index is 0.00141. The van der Waals surface area contributed by atoms with Crippen LogP contribution in [0.25, 0.3) is 0 Å². The molecule has 1 aliphatic rings. The van der Waals surface area contributed by atoms with Crippen LogP contribution in [-0.4, -0.2) is 48.6 Å². The van der Waals surface area contributed by atoms with Crippen LogP contribution in [0.2, 0.25) is 10.2 Å². The number of anilines is 1. The van der Waals surface area contributed by atoms with Gasteiger partial charge in [0, 0.05) is 12.7 Å². The molecule has 2 heterocycles. The quantitative estimate of drug-likeness (QED) is 0.636. The van der Waals surface area contributed by atoms with Gasteiger partial charge in [-0.1, -0.05) is 23.2 Å². The first-order valence-electron chi connectivity index (χ1n) is 6.12. The number of hydrogen-bond donors (Lipinski definition) is 2. The van der Waals surface area contributed by atoms with E-state index in [1.165, 1.54) is 17.2 Å². The summed E-state index contributed by atoms with van der Waals surface area (Å²) in [5.74, 6) is 0. The molecule has 1 fully saturated rings. The summed E-state index contributed by atoms with van der Waals surface area (Å²) in [6.45, 7) is 0.387. The second-order valence-corrected chi connectivity index (χ2v) is 6.31. The minimum atomic E-state index is -2.99. The van der Waals surface area contributed by atoms with Gasteiger partial charge in [0.1, 0.15) is 0 Å². The van der Waals surface area contributed by atoms with Gasteiger partial charge in [-0.25, -0.2) is 18.2 Å². The monoisotopic (exact) mass is 353 g/mol. The highest BCUT2D eigenvalue weighted by Gasteiger charge is 2.31. The number of amides is 1. The molecular weight excluding hydrogens is 341 g/mol. The lowest BCUT2D eigenvalue weighted by atomic mass is 10.2. The van der Waals surface area contributed by atoms with E-state index < -0.39 is 23.0 Å². The first-order valence-corrected chi connectivity index (χ1v) is 8.01. The second-order valence-electron chi connectivity index (χ2n) is 4.56. The Kier molecular flexibility index (Phi) is 5.13. The van der Waals surface area contributed by atoms with Gasteiger partial charge in [-0.05, 0) is 18.9 Å². The van der Waals surface area contributed by atoms with Crippen LogP contribution in [0.3, 0.4) is 0 Å². The molecule has 0 aliphatic carbocycles. The van der Waals surface area contributed by atoms with Crippen molar-refractivity contribution in [2.75, 3.05) is 17.4 Å². The van der Waals surface area contributed by atoms with Crippen LogP contribution in [0.5, 0.6) is 0 Å². The van der Waals surface area contributed by atoms with E-state index in [1.54, 1.807) is 0 Å². The summed E-state index contributed by atoms with van der Waals surface area (Å²) in [5.41, 5.74) is 0.150. The van der Waals surface area contributed by atoms with Crippen molar-refractivity contribution in [2.45, 2.75) is 18.9 Å². The van der Waals surface area contributed by atoms with Crippen LogP contribution >= 0.6 is 23.2 Å². The number of aromatic nitrogens is 1. The number of carboxylic acid groups (broad SMARTS) is 1. The maximum Gasteiger partial charge on any atom is 0.407 e. The summed E-state index contributed by atoms with van der Waals surface area (Å²) in [5, 5.41) is 9.35. The van der Waals surface area contributed by atoms with E-state index in [0.29, 0.717) is 19.4 Å². The topological polar surface area (TPSA) is 90.8 Å². The minimum Gasteiger partial charge on any atom is -0.465 e. The second kappa shape index (κ2) is 6.67. The standard InChI is InChI=1S/C11H13Cl2N3O4S/c12-7-4-9(10(13)14-5-7)16(21(19)20)6-8-2-1-3-15(8)11(17)18/h4-5,8,21H,1-3,6H2,(H,17,18)/t8-/m1/s1. The number of hydrogen-bond acceptors (Lipinski definition) is 4. The fraction of sp³-hybridized carbons (Fsp3) is 0.455. The summed E-state index contributed by atoms with van der Waals surface area (Å²) < 4.78 is 24.0. The molecule has 7 nitrogen and oxygen atoms in total. The van der Waals surface area contributed by atoms with Crippen molar-refractivity contribution in [3.05, 3.63) is 22.4 Å². The van der Waals surface area contributed by atoms with Gasteiger partial charge in [0.15, 0.2) is 5.15 Å². The lowest BCUT2D eigenvalue weighted by molar-refractivity contribution is 0.141. The van der Waals surface area contributed by atoms with Crippen molar-refractivity contribution in [2.24, 2.45) is 0 Å². The first kappa shape index (κ1) is 16.1. The SMILES string of the molecule is O=C(O)N1CCC[C@@H]1CN(c1cc(Cl)cnc1Cl)[SH](=O)=O. The van der Waals surface area contributed by atoms with Gasteiger partial charge in [-0.15, -0.1) is 0 Å². The highest BCUT2D eigenvalue weighted by atomic mass is 35.5. The van der Waals surface area contributed by atoms with Crippen LogP contribution in [0, 0.1) is 0 Å². The summed E-state index contributed by atoms with van der Waals surface area (Å²) >= 11 is 11.7. The average Bonchev–Trinajstić information content (AvgIpc) is 2.87. The zero-order valence-electron chi connectivity index (χ0n) is 10.8. The molecule has 0 bridgehead atoms. The molecule has 1 atom stereocenters. The van der Waals surface area contributed by atoms with Crippen molar-refractivity contribution in [1.29, 1.82) is 0 Å². The molecule has 10 heteroatoms. The maximum absolute atomic E-state index is 11.5. The Balaban J connectivity index is 2.28. The summed E-state index contributed by atoms with van der Waals surface area (Å²) in [6, 6.07) is 0.979. The molecule has 1 aromatic heterocycles. The Morgan fingerprint density at radius 2 is 2.24 bits per heavy atom. The van der Waals surface area contributed by atoms with Crippen LogP contribution in [0.15, 0.2) is 12.3 Å². The van der Waals surface area contributed by atoms with Crippen molar-refractivity contribution in [3.8, 4) is 0 Å². The smallest absolute Gasteiger partial charge is 0.407 e. The predicted molar refractivity (Wildman–Crippen MR) is 79.7 cm³/mol.